The van der Waals surface area contributed by atoms with E-state index < -0.39 is 5.97 Å². The van der Waals surface area contributed by atoms with Gasteiger partial charge in [-0.25, -0.2) is 14.8 Å². The third-order valence-electron chi connectivity index (χ3n) is 1.01. The van der Waals surface area contributed by atoms with Crippen molar-refractivity contribution in [1.29, 1.82) is 0 Å². The molecule has 0 aliphatic rings. The molecule has 6 nitrogen and oxygen atoms in total. The molecule has 0 aliphatic heterocycles. The van der Waals surface area contributed by atoms with E-state index >= 15 is 0 Å². The quantitative estimate of drug-likeness (QED) is 0.743. The van der Waals surface area contributed by atoms with Crippen molar-refractivity contribution in [1.82, 2.24) is 14.9 Å². The third kappa shape index (κ3) is 8.63. The Bertz CT molecular complexity index is 292. The maximum atomic E-state index is 10.1. The number of carbonyl (C=O) groups is 2. The van der Waals surface area contributed by atoms with Crippen LogP contribution in [0.5, 0.6) is 0 Å². The Kier molecular flexibility index (Phi) is 9.34. The van der Waals surface area contributed by atoms with Crippen LogP contribution in [-0.4, -0.2) is 46.4 Å². The van der Waals surface area contributed by atoms with Crippen molar-refractivity contribution in [2.45, 2.75) is 0 Å². The van der Waals surface area contributed by atoms with E-state index in [2.05, 4.69) is 9.97 Å². The number of carboxylic acids is 1. The van der Waals surface area contributed by atoms with Gasteiger partial charge in [0, 0.05) is 20.3 Å². The summed E-state index contributed by atoms with van der Waals surface area (Å²) in [7, 11) is 3.38. The van der Waals surface area contributed by atoms with Crippen LogP contribution in [0.4, 0.5) is 0 Å². The van der Waals surface area contributed by atoms with Crippen molar-refractivity contribution in [3.63, 3.8) is 0 Å². The van der Waals surface area contributed by atoms with Gasteiger partial charge in [0.05, 0.1) is 0 Å². The molecule has 1 aromatic rings. The van der Waals surface area contributed by atoms with E-state index in [1.54, 1.807) is 14.1 Å². The van der Waals surface area contributed by atoms with E-state index in [1.807, 2.05) is 0 Å². The minimum Gasteiger partial charge on any atom is -0.477 e. The van der Waals surface area contributed by atoms with Gasteiger partial charge in [0.1, 0.15) is 6.33 Å². The lowest BCUT2D eigenvalue weighted by Crippen LogP contribution is -2.06. The number of nitrogens with zero attached hydrogens (tertiary/aromatic N) is 3. The van der Waals surface area contributed by atoms with Gasteiger partial charge >= 0.3 is 5.97 Å². The summed E-state index contributed by atoms with van der Waals surface area (Å²) < 4.78 is 0. The zero-order valence-corrected chi connectivity index (χ0v) is 9.14. The Balaban J connectivity index is 0. The highest BCUT2D eigenvalue weighted by Gasteiger charge is 1.99. The molecular formula is C8H12ClN3O3. The van der Waals surface area contributed by atoms with Crippen LogP contribution in [0.3, 0.4) is 0 Å². The van der Waals surface area contributed by atoms with Crippen LogP contribution in [0.15, 0.2) is 18.6 Å². The second kappa shape index (κ2) is 8.89. The van der Waals surface area contributed by atoms with E-state index in [4.69, 9.17) is 5.11 Å². The fraction of sp³-hybridized carbons (Fsp3) is 0.250. The summed E-state index contributed by atoms with van der Waals surface area (Å²) in [6, 6.07) is 1.34. The first-order valence-corrected chi connectivity index (χ1v) is 3.69. The molecular weight excluding hydrogens is 222 g/mol. The van der Waals surface area contributed by atoms with Crippen LogP contribution in [0.1, 0.15) is 10.5 Å². The summed E-state index contributed by atoms with van der Waals surface area (Å²) >= 11 is 0. The van der Waals surface area contributed by atoms with Gasteiger partial charge in [0.2, 0.25) is 6.41 Å². The SMILES string of the molecule is CN(C)C=O.Cl.O=C(O)c1ccncn1. The van der Waals surface area contributed by atoms with Crippen LogP contribution in [-0.2, 0) is 4.79 Å². The van der Waals surface area contributed by atoms with Gasteiger partial charge in [-0.15, -0.1) is 12.4 Å². The molecule has 0 spiro atoms. The van der Waals surface area contributed by atoms with Crippen LogP contribution in [0, 0.1) is 0 Å². The van der Waals surface area contributed by atoms with Crippen molar-refractivity contribution >= 4 is 24.8 Å². The summed E-state index contributed by atoms with van der Waals surface area (Å²) in [5.74, 6) is -1.03. The van der Waals surface area contributed by atoms with Crippen LogP contribution in [0.25, 0.3) is 0 Å². The van der Waals surface area contributed by atoms with E-state index in [-0.39, 0.29) is 18.1 Å². The third-order valence-corrected chi connectivity index (χ3v) is 1.01. The summed E-state index contributed by atoms with van der Waals surface area (Å²) in [5, 5.41) is 8.29. The minimum atomic E-state index is -1.03. The number of amides is 1. The standard InChI is InChI=1S/C5H4N2O2.C3H7NO.ClH/c8-5(9)4-1-2-6-3-7-4;1-4(2)3-5;/h1-3H,(H,8,9);3H,1-2H3;1H. The lowest BCUT2D eigenvalue weighted by molar-refractivity contribution is -0.115. The lowest BCUT2D eigenvalue weighted by Gasteiger charge is -1.93. The Hall–Kier alpha value is -1.69. The van der Waals surface area contributed by atoms with Gasteiger partial charge in [-0.2, -0.15) is 0 Å². The monoisotopic (exact) mass is 233 g/mol. The zero-order chi connectivity index (χ0) is 11.0. The maximum absolute atomic E-state index is 10.1. The predicted molar refractivity (Wildman–Crippen MR) is 56.0 cm³/mol. The molecule has 1 rings (SSSR count). The summed E-state index contributed by atoms with van der Waals surface area (Å²) in [5.41, 5.74) is 0.0185. The molecule has 0 radical (unpaired) electrons. The van der Waals surface area contributed by atoms with Crippen molar-refractivity contribution in [3.8, 4) is 0 Å². The first-order chi connectivity index (χ1) is 6.57. The molecule has 1 aromatic heterocycles. The first kappa shape index (κ1) is 15.8. The number of rotatable bonds is 2. The predicted octanol–water partition coefficient (Wildman–Crippen LogP) is 0.301. The summed E-state index contributed by atoms with van der Waals surface area (Å²) in [6.07, 6.45) is 3.33. The second-order valence-corrected chi connectivity index (χ2v) is 2.47. The molecule has 0 aromatic carbocycles. The molecule has 84 valence electrons. The molecule has 0 fully saturated rings. The highest BCUT2D eigenvalue weighted by Crippen LogP contribution is 1.87. The number of carboxylic acid groups (broad SMARTS) is 1. The molecule has 0 aliphatic carbocycles. The first-order valence-electron chi connectivity index (χ1n) is 3.69. The molecule has 1 N–H and O–H groups in total. The number of carbonyl (C=O) groups excluding carboxylic acids is 1. The molecule has 1 amide bonds. The van der Waals surface area contributed by atoms with E-state index in [9.17, 15) is 9.59 Å². The van der Waals surface area contributed by atoms with Crippen molar-refractivity contribution < 1.29 is 14.7 Å². The Labute approximate surface area is 93.4 Å². The average Bonchev–Trinajstić information content (AvgIpc) is 2.20. The van der Waals surface area contributed by atoms with Gasteiger partial charge in [-0.3, -0.25) is 4.79 Å². The van der Waals surface area contributed by atoms with Crippen molar-refractivity contribution in [3.05, 3.63) is 24.3 Å². The molecule has 0 bridgehead atoms. The van der Waals surface area contributed by atoms with Gasteiger partial charge in [-0.1, -0.05) is 0 Å². The smallest absolute Gasteiger partial charge is 0.354 e. The largest absolute Gasteiger partial charge is 0.477 e. The maximum Gasteiger partial charge on any atom is 0.354 e. The minimum absolute atomic E-state index is 0. The Morgan fingerprint density at radius 1 is 1.53 bits per heavy atom. The summed E-state index contributed by atoms with van der Waals surface area (Å²) in [4.78, 5) is 28.0. The van der Waals surface area contributed by atoms with E-state index in [0.717, 1.165) is 6.41 Å². The highest BCUT2D eigenvalue weighted by atomic mass is 35.5. The fourth-order valence-electron chi connectivity index (χ4n) is 0.417. The molecule has 0 unspecified atom stereocenters. The highest BCUT2D eigenvalue weighted by molar-refractivity contribution is 5.85. The number of aromatic carboxylic acids is 1. The normalized spacial score (nSPS) is 7.60. The average molecular weight is 234 g/mol. The molecule has 1 heterocycles. The lowest BCUT2D eigenvalue weighted by atomic mass is 10.4. The molecule has 0 atom stereocenters. The molecule has 0 saturated heterocycles. The Morgan fingerprint density at radius 2 is 2.07 bits per heavy atom. The van der Waals surface area contributed by atoms with Crippen molar-refractivity contribution in [2.75, 3.05) is 14.1 Å². The number of hydrogen-bond acceptors (Lipinski definition) is 4. The molecule has 0 saturated carbocycles. The fourth-order valence-corrected chi connectivity index (χ4v) is 0.417. The van der Waals surface area contributed by atoms with Crippen molar-refractivity contribution in [2.24, 2.45) is 0 Å². The van der Waals surface area contributed by atoms with Gasteiger partial charge < -0.3 is 10.0 Å². The van der Waals surface area contributed by atoms with Crippen LogP contribution in [0.2, 0.25) is 0 Å². The molecule has 7 heteroatoms. The van der Waals surface area contributed by atoms with E-state index in [0.29, 0.717) is 0 Å². The number of aromatic nitrogens is 2. The topological polar surface area (TPSA) is 83.4 Å². The van der Waals surface area contributed by atoms with Gasteiger partial charge in [0.25, 0.3) is 0 Å². The summed E-state index contributed by atoms with van der Waals surface area (Å²) in [6.45, 7) is 0. The van der Waals surface area contributed by atoms with Crippen LogP contribution >= 0.6 is 12.4 Å². The second-order valence-electron chi connectivity index (χ2n) is 2.47. The number of hydrogen-bond donors (Lipinski definition) is 1. The van der Waals surface area contributed by atoms with Gasteiger partial charge in [-0.05, 0) is 6.07 Å². The van der Waals surface area contributed by atoms with Crippen LogP contribution < -0.4 is 0 Å². The Morgan fingerprint density at radius 3 is 2.27 bits per heavy atom. The van der Waals surface area contributed by atoms with Gasteiger partial charge in [0.15, 0.2) is 5.69 Å². The zero-order valence-electron chi connectivity index (χ0n) is 8.32. The van der Waals surface area contributed by atoms with E-state index in [1.165, 1.54) is 23.5 Å². The number of halogens is 1. The molecule has 15 heavy (non-hydrogen) atoms.